The fraction of sp³-hybridized carbons (Fsp3) is 0.500. The summed E-state index contributed by atoms with van der Waals surface area (Å²) in [5.74, 6) is 0.593. The smallest absolute Gasteiger partial charge is 0.232 e. The van der Waals surface area contributed by atoms with Gasteiger partial charge < -0.3 is 15.2 Å². The number of rotatable bonds is 9. The molecule has 9 heteroatoms. The van der Waals surface area contributed by atoms with Crippen LogP contribution in [-0.2, 0) is 16.7 Å². The van der Waals surface area contributed by atoms with E-state index in [-0.39, 0.29) is 34.4 Å². The average molecular weight is 471 g/mol. The first kappa shape index (κ1) is 22.3. The number of aliphatic imine (C=N–C) groups is 1. The molecular formula is C24H27FN4O3S. The molecule has 33 heavy (non-hydrogen) atoms. The molecule has 2 heterocycles. The Morgan fingerprint density at radius 2 is 2.12 bits per heavy atom. The van der Waals surface area contributed by atoms with Gasteiger partial charge in [0.05, 0.1) is 35.9 Å². The normalized spacial score (nSPS) is 28.1. The summed E-state index contributed by atoms with van der Waals surface area (Å²) in [7, 11) is 1.66. The van der Waals surface area contributed by atoms with Crippen LogP contribution >= 0.6 is 11.8 Å². The van der Waals surface area contributed by atoms with Gasteiger partial charge in [-0.05, 0) is 49.8 Å². The summed E-state index contributed by atoms with van der Waals surface area (Å²) in [6, 6.07) is 4.76. The molecule has 7 nitrogen and oxygen atoms in total. The second-order valence-electron chi connectivity index (χ2n) is 9.36. The van der Waals surface area contributed by atoms with Crippen LogP contribution in [-0.4, -0.2) is 46.0 Å². The van der Waals surface area contributed by atoms with Crippen molar-refractivity contribution < 1.29 is 18.7 Å². The van der Waals surface area contributed by atoms with Gasteiger partial charge in [0.25, 0.3) is 0 Å². The van der Waals surface area contributed by atoms with Crippen LogP contribution in [0.15, 0.2) is 35.6 Å². The van der Waals surface area contributed by atoms with Gasteiger partial charge in [0.15, 0.2) is 11.0 Å². The maximum absolute atomic E-state index is 15.0. The van der Waals surface area contributed by atoms with Crippen LogP contribution in [0.4, 0.5) is 4.39 Å². The molecule has 174 valence electrons. The second kappa shape index (κ2) is 8.36. The molecule has 1 aliphatic heterocycles. The third-order valence-electron chi connectivity index (χ3n) is 6.76. The van der Waals surface area contributed by atoms with Gasteiger partial charge >= 0.3 is 0 Å². The number of fused-ring (bicyclic) bond motifs is 1. The zero-order chi connectivity index (χ0) is 23.2. The molecule has 2 N–H and O–H groups in total. The number of nitrogens with zero attached hydrogens (tertiary/aromatic N) is 3. The number of ether oxygens (including phenoxy) is 2. The highest BCUT2D eigenvalue weighted by Crippen LogP contribution is 2.65. The highest BCUT2D eigenvalue weighted by Gasteiger charge is 2.66. The summed E-state index contributed by atoms with van der Waals surface area (Å²) in [5, 5.41) is 0.434. The first-order chi connectivity index (χ1) is 15.8. The Labute approximate surface area is 196 Å². The minimum absolute atomic E-state index is 0.0855. The lowest BCUT2D eigenvalue weighted by Crippen LogP contribution is -2.37. The summed E-state index contributed by atoms with van der Waals surface area (Å²) >= 11 is 1.51. The van der Waals surface area contributed by atoms with Gasteiger partial charge in [0.1, 0.15) is 11.5 Å². The first-order valence-corrected chi connectivity index (χ1v) is 11.9. The summed E-state index contributed by atoms with van der Waals surface area (Å²) in [6.07, 6.45) is 6.22. The Bertz CT molecular complexity index is 1110. The molecule has 0 bridgehead atoms. The van der Waals surface area contributed by atoms with Crippen molar-refractivity contribution >= 4 is 22.7 Å². The monoisotopic (exact) mass is 470 g/mol. The van der Waals surface area contributed by atoms with E-state index in [1.165, 1.54) is 43.1 Å². The number of hydrogen-bond acceptors (Lipinski definition) is 8. The van der Waals surface area contributed by atoms with Crippen LogP contribution in [0, 0.1) is 17.7 Å². The van der Waals surface area contributed by atoms with E-state index in [2.05, 4.69) is 15.0 Å². The number of carbonyl (C=O) groups is 1. The van der Waals surface area contributed by atoms with Crippen molar-refractivity contribution in [3.63, 3.8) is 0 Å². The number of nitrogens with two attached hydrogens (primary N) is 1. The maximum atomic E-state index is 15.0. The number of aromatic nitrogens is 2. The number of benzene rings is 1. The number of methoxy groups -OCH3 is 1. The average Bonchev–Trinajstić information content (AvgIpc) is 3.70. The number of carbonyl (C=O) groups excluding carboxylic acids is 1. The van der Waals surface area contributed by atoms with E-state index in [0.717, 1.165) is 6.42 Å². The van der Waals surface area contributed by atoms with Gasteiger partial charge in [-0.15, -0.1) is 0 Å². The molecule has 5 rings (SSSR count). The quantitative estimate of drug-likeness (QED) is 0.560. The molecule has 0 spiro atoms. The Morgan fingerprint density at radius 3 is 2.82 bits per heavy atom. The SMILES string of the molecule is COC[C@]12C[C@H]1[C@@](C)(c1cc(CC(=O)c3cnc(OCC4CC4)cn3)ccc1F)N=C(N)S2. The van der Waals surface area contributed by atoms with Crippen molar-refractivity contribution in [2.45, 2.75) is 42.9 Å². The van der Waals surface area contributed by atoms with Gasteiger partial charge in [0.2, 0.25) is 5.88 Å². The minimum atomic E-state index is -0.808. The summed E-state index contributed by atoms with van der Waals surface area (Å²) in [5.41, 5.74) is 6.72. The van der Waals surface area contributed by atoms with Crippen LogP contribution in [0.5, 0.6) is 5.88 Å². The van der Waals surface area contributed by atoms with Crippen LogP contribution in [0.25, 0.3) is 0 Å². The lowest BCUT2D eigenvalue weighted by molar-refractivity contribution is 0.0987. The van der Waals surface area contributed by atoms with Crippen molar-refractivity contribution in [3.05, 3.63) is 53.2 Å². The van der Waals surface area contributed by atoms with E-state index >= 15 is 0 Å². The number of amidine groups is 1. The summed E-state index contributed by atoms with van der Waals surface area (Å²) < 4.78 is 25.8. The van der Waals surface area contributed by atoms with Gasteiger partial charge in [-0.1, -0.05) is 17.8 Å². The van der Waals surface area contributed by atoms with Crippen molar-refractivity contribution in [3.8, 4) is 5.88 Å². The third kappa shape index (κ3) is 4.36. The zero-order valence-corrected chi connectivity index (χ0v) is 19.5. The lowest BCUT2D eigenvalue weighted by Gasteiger charge is -2.34. The fourth-order valence-electron chi connectivity index (χ4n) is 4.70. The number of ketones is 1. The number of thioether (sulfide) groups is 1. The van der Waals surface area contributed by atoms with E-state index in [9.17, 15) is 9.18 Å². The van der Waals surface area contributed by atoms with E-state index in [1.54, 1.807) is 19.2 Å². The van der Waals surface area contributed by atoms with Crippen LogP contribution < -0.4 is 10.5 Å². The first-order valence-electron chi connectivity index (χ1n) is 11.1. The largest absolute Gasteiger partial charge is 0.476 e. The third-order valence-corrected chi connectivity index (χ3v) is 8.04. The molecule has 0 unspecified atom stereocenters. The molecule has 2 aromatic rings. The summed E-state index contributed by atoms with van der Waals surface area (Å²) in [4.78, 5) is 25.9. The van der Waals surface area contributed by atoms with Crippen LogP contribution in [0.2, 0.25) is 0 Å². The molecule has 0 saturated heterocycles. The van der Waals surface area contributed by atoms with E-state index < -0.39 is 5.54 Å². The molecule has 0 amide bonds. The van der Waals surface area contributed by atoms with Gasteiger partial charge in [0, 0.05) is 25.0 Å². The predicted molar refractivity (Wildman–Crippen MR) is 124 cm³/mol. The minimum Gasteiger partial charge on any atom is -0.476 e. The van der Waals surface area contributed by atoms with Crippen molar-refractivity contribution in [2.75, 3.05) is 20.3 Å². The molecular weight excluding hydrogens is 443 g/mol. The van der Waals surface area contributed by atoms with E-state index in [4.69, 9.17) is 15.2 Å². The standard InChI is InChI=1S/C24H27FN4O3S/c1-23(20-9-24(20,13-31-2)33-22(26)29-23)16-7-15(5-6-17(16)25)8-19(30)18-10-28-21(11-27-18)32-12-14-3-4-14/h5-7,10-11,14,20H,3-4,8-9,12-13H2,1-2H3,(H2,26,29)/t20-,23+,24+/m0/s1. The molecule has 2 fully saturated rings. The molecule has 2 aliphatic carbocycles. The predicted octanol–water partition coefficient (Wildman–Crippen LogP) is 3.51. The van der Waals surface area contributed by atoms with Crippen LogP contribution in [0.1, 0.15) is 47.8 Å². The fourth-order valence-corrected chi connectivity index (χ4v) is 6.15. The Kier molecular flexibility index (Phi) is 5.64. The lowest BCUT2D eigenvalue weighted by atomic mass is 9.84. The topological polar surface area (TPSA) is 99.7 Å². The van der Waals surface area contributed by atoms with Crippen LogP contribution in [0.3, 0.4) is 0 Å². The van der Waals surface area contributed by atoms with Crippen molar-refractivity contribution in [2.24, 2.45) is 22.6 Å². The molecule has 3 aliphatic rings. The van der Waals surface area contributed by atoms with Gasteiger partial charge in [-0.25, -0.2) is 14.4 Å². The van der Waals surface area contributed by atoms with Gasteiger partial charge in [-0.2, -0.15) is 0 Å². The van der Waals surface area contributed by atoms with Crippen molar-refractivity contribution in [1.29, 1.82) is 0 Å². The Hall–Kier alpha value is -2.52. The zero-order valence-electron chi connectivity index (χ0n) is 18.7. The highest BCUT2D eigenvalue weighted by molar-refractivity contribution is 8.15. The Balaban J connectivity index is 1.33. The number of hydrogen-bond donors (Lipinski definition) is 1. The van der Waals surface area contributed by atoms with E-state index in [0.29, 0.717) is 41.3 Å². The van der Waals surface area contributed by atoms with Crippen molar-refractivity contribution in [1.82, 2.24) is 9.97 Å². The maximum Gasteiger partial charge on any atom is 0.232 e. The number of halogens is 1. The molecule has 2 saturated carbocycles. The Morgan fingerprint density at radius 1 is 1.30 bits per heavy atom. The highest BCUT2D eigenvalue weighted by atomic mass is 32.2. The van der Waals surface area contributed by atoms with Gasteiger partial charge in [-0.3, -0.25) is 9.79 Å². The molecule has 1 aromatic carbocycles. The molecule has 3 atom stereocenters. The second-order valence-corrected chi connectivity index (χ2v) is 10.8. The molecule has 1 aromatic heterocycles. The van der Waals surface area contributed by atoms with E-state index in [1.807, 2.05) is 6.92 Å². The summed E-state index contributed by atoms with van der Waals surface area (Å²) in [6.45, 7) is 3.09. The molecule has 0 radical (unpaired) electrons. The number of Topliss-reactive ketones (excluding diaryl/α,β-unsaturated/α-hetero) is 1.